The molecule has 0 atom stereocenters. The molecule has 80 valence electrons. The van der Waals surface area contributed by atoms with Gasteiger partial charge in [-0.3, -0.25) is 4.99 Å². The summed E-state index contributed by atoms with van der Waals surface area (Å²) in [5.41, 5.74) is 1.21. The van der Waals surface area contributed by atoms with Crippen LogP contribution in [0, 0.1) is 5.82 Å². The van der Waals surface area contributed by atoms with E-state index in [2.05, 4.69) is 4.99 Å². The average molecular weight is 234 g/mol. The highest BCUT2D eigenvalue weighted by atomic mass is 35.5. The van der Waals surface area contributed by atoms with Gasteiger partial charge in [-0.05, 0) is 29.8 Å². The molecule has 0 spiro atoms. The third-order valence-electron chi connectivity index (χ3n) is 2.08. The molecule has 0 aliphatic rings. The van der Waals surface area contributed by atoms with Crippen molar-refractivity contribution in [2.24, 2.45) is 4.99 Å². The van der Waals surface area contributed by atoms with E-state index in [1.54, 1.807) is 36.5 Å². The van der Waals surface area contributed by atoms with Crippen LogP contribution in [0.25, 0.3) is 0 Å². The lowest BCUT2D eigenvalue weighted by Crippen LogP contribution is -1.80. The van der Waals surface area contributed by atoms with Crippen molar-refractivity contribution in [2.75, 3.05) is 0 Å². The number of hydrogen-bond donors (Lipinski definition) is 0. The molecule has 2 rings (SSSR count). The zero-order valence-corrected chi connectivity index (χ0v) is 9.16. The molecule has 16 heavy (non-hydrogen) atoms. The SMILES string of the molecule is Fc1ccccc1N=Cc1ccc(Cl)cc1. The monoisotopic (exact) mass is 233 g/mol. The maximum atomic E-state index is 13.2. The fraction of sp³-hybridized carbons (Fsp3) is 0. The first-order chi connectivity index (χ1) is 7.75. The topological polar surface area (TPSA) is 12.4 Å². The summed E-state index contributed by atoms with van der Waals surface area (Å²) in [6.07, 6.45) is 1.61. The quantitative estimate of drug-likeness (QED) is 0.689. The van der Waals surface area contributed by atoms with E-state index in [0.717, 1.165) is 5.56 Å². The van der Waals surface area contributed by atoms with E-state index >= 15 is 0 Å². The maximum absolute atomic E-state index is 13.2. The summed E-state index contributed by atoms with van der Waals surface area (Å²) in [7, 11) is 0. The minimum absolute atomic E-state index is 0.326. The van der Waals surface area contributed by atoms with Crippen LogP contribution in [0.1, 0.15) is 5.56 Å². The highest BCUT2D eigenvalue weighted by Gasteiger charge is 1.96. The lowest BCUT2D eigenvalue weighted by molar-refractivity contribution is 0.630. The van der Waals surface area contributed by atoms with Gasteiger partial charge in [0.25, 0.3) is 0 Å². The molecular formula is C13H9ClFN. The molecule has 3 heteroatoms. The number of para-hydroxylation sites is 1. The van der Waals surface area contributed by atoms with Crippen molar-refractivity contribution in [3.05, 3.63) is 64.9 Å². The van der Waals surface area contributed by atoms with Crippen molar-refractivity contribution >= 4 is 23.5 Å². The minimum Gasteiger partial charge on any atom is -0.253 e. The summed E-state index contributed by atoms with van der Waals surface area (Å²) in [6.45, 7) is 0. The van der Waals surface area contributed by atoms with Crippen LogP contribution in [0.5, 0.6) is 0 Å². The second kappa shape index (κ2) is 4.90. The van der Waals surface area contributed by atoms with E-state index in [-0.39, 0.29) is 5.82 Å². The lowest BCUT2D eigenvalue weighted by atomic mass is 10.2. The van der Waals surface area contributed by atoms with Gasteiger partial charge in [0.1, 0.15) is 5.82 Å². The molecule has 0 unspecified atom stereocenters. The summed E-state index contributed by atoms with van der Waals surface area (Å²) >= 11 is 5.75. The van der Waals surface area contributed by atoms with Gasteiger partial charge in [0, 0.05) is 11.2 Å². The normalized spacial score (nSPS) is 10.9. The zero-order chi connectivity index (χ0) is 11.4. The minimum atomic E-state index is -0.326. The molecule has 0 saturated heterocycles. The molecule has 1 nitrogen and oxygen atoms in total. The molecule has 2 aromatic carbocycles. The summed E-state index contributed by atoms with van der Waals surface area (Å²) < 4.78 is 13.2. The predicted molar refractivity (Wildman–Crippen MR) is 65.1 cm³/mol. The predicted octanol–water partition coefficient (Wildman–Crippen LogP) is 4.23. The van der Waals surface area contributed by atoms with Gasteiger partial charge in [0.2, 0.25) is 0 Å². The second-order valence-electron chi connectivity index (χ2n) is 3.26. The van der Waals surface area contributed by atoms with Crippen molar-refractivity contribution in [2.45, 2.75) is 0 Å². The molecule has 0 bridgehead atoms. The molecule has 0 N–H and O–H groups in total. The Morgan fingerprint density at radius 2 is 1.69 bits per heavy atom. The highest BCUT2D eigenvalue weighted by molar-refractivity contribution is 6.30. The summed E-state index contributed by atoms with van der Waals surface area (Å²) in [5.74, 6) is -0.326. The largest absolute Gasteiger partial charge is 0.253 e. The van der Waals surface area contributed by atoms with Gasteiger partial charge in [-0.25, -0.2) is 4.39 Å². The Kier molecular flexibility index (Phi) is 3.32. The smallest absolute Gasteiger partial charge is 0.148 e. The van der Waals surface area contributed by atoms with Gasteiger partial charge in [-0.2, -0.15) is 0 Å². The zero-order valence-electron chi connectivity index (χ0n) is 8.40. The molecule has 0 aromatic heterocycles. The number of benzene rings is 2. The molecule has 0 fully saturated rings. The lowest BCUT2D eigenvalue weighted by Gasteiger charge is -1.96. The Hall–Kier alpha value is -1.67. The molecule has 0 aliphatic heterocycles. The molecule has 0 amide bonds. The Morgan fingerprint density at radius 1 is 1.00 bits per heavy atom. The maximum Gasteiger partial charge on any atom is 0.148 e. The summed E-state index contributed by atoms with van der Waals surface area (Å²) in [5, 5.41) is 0.669. The van der Waals surface area contributed by atoms with Gasteiger partial charge >= 0.3 is 0 Å². The molecular weight excluding hydrogens is 225 g/mol. The first kappa shape index (κ1) is 10.8. The standard InChI is InChI=1S/C13H9ClFN/c14-11-7-5-10(6-8-11)9-16-13-4-2-1-3-12(13)15/h1-9H. The third-order valence-corrected chi connectivity index (χ3v) is 2.33. The molecule has 0 radical (unpaired) electrons. The van der Waals surface area contributed by atoms with Crippen molar-refractivity contribution in [3.8, 4) is 0 Å². The van der Waals surface area contributed by atoms with Crippen LogP contribution in [0.15, 0.2) is 53.5 Å². The Balaban J connectivity index is 2.21. The van der Waals surface area contributed by atoms with E-state index in [9.17, 15) is 4.39 Å². The van der Waals surface area contributed by atoms with E-state index in [1.165, 1.54) is 6.07 Å². The number of halogens is 2. The number of aliphatic imine (C=N–C) groups is 1. The second-order valence-corrected chi connectivity index (χ2v) is 3.70. The number of hydrogen-bond acceptors (Lipinski definition) is 1. The van der Waals surface area contributed by atoms with Crippen LogP contribution in [0.3, 0.4) is 0 Å². The summed E-state index contributed by atoms with van der Waals surface area (Å²) in [4.78, 5) is 4.06. The Bertz CT molecular complexity index is 506. The van der Waals surface area contributed by atoms with E-state index < -0.39 is 0 Å². The van der Waals surface area contributed by atoms with Crippen molar-refractivity contribution in [1.82, 2.24) is 0 Å². The van der Waals surface area contributed by atoms with Gasteiger partial charge in [0.05, 0.1) is 5.69 Å². The Morgan fingerprint density at radius 3 is 2.38 bits per heavy atom. The van der Waals surface area contributed by atoms with Crippen molar-refractivity contribution in [1.29, 1.82) is 0 Å². The first-order valence-electron chi connectivity index (χ1n) is 4.80. The molecule has 0 aliphatic carbocycles. The number of nitrogens with zero attached hydrogens (tertiary/aromatic N) is 1. The van der Waals surface area contributed by atoms with Crippen molar-refractivity contribution < 1.29 is 4.39 Å². The van der Waals surface area contributed by atoms with Crippen LogP contribution < -0.4 is 0 Å². The molecule has 2 aromatic rings. The van der Waals surface area contributed by atoms with E-state index in [4.69, 9.17) is 11.6 Å². The molecule has 0 saturated carbocycles. The third kappa shape index (κ3) is 2.67. The first-order valence-corrected chi connectivity index (χ1v) is 5.18. The highest BCUT2D eigenvalue weighted by Crippen LogP contribution is 2.16. The van der Waals surface area contributed by atoms with Crippen LogP contribution in [-0.2, 0) is 0 Å². The molecule has 0 heterocycles. The van der Waals surface area contributed by atoms with Gasteiger partial charge in [-0.15, -0.1) is 0 Å². The van der Waals surface area contributed by atoms with Gasteiger partial charge in [0.15, 0.2) is 0 Å². The fourth-order valence-corrected chi connectivity index (χ4v) is 1.38. The average Bonchev–Trinajstić information content (AvgIpc) is 2.30. The number of rotatable bonds is 2. The van der Waals surface area contributed by atoms with Crippen LogP contribution in [-0.4, -0.2) is 6.21 Å². The van der Waals surface area contributed by atoms with Crippen molar-refractivity contribution in [3.63, 3.8) is 0 Å². The van der Waals surface area contributed by atoms with Crippen LogP contribution in [0.4, 0.5) is 10.1 Å². The van der Waals surface area contributed by atoms with E-state index in [1.807, 2.05) is 12.1 Å². The fourth-order valence-electron chi connectivity index (χ4n) is 1.25. The van der Waals surface area contributed by atoms with E-state index in [0.29, 0.717) is 10.7 Å². The Labute approximate surface area is 98.2 Å². The van der Waals surface area contributed by atoms with Gasteiger partial charge in [-0.1, -0.05) is 35.9 Å². The summed E-state index contributed by atoms with van der Waals surface area (Å²) in [6, 6.07) is 13.6. The van der Waals surface area contributed by atoms with Crippen LogP contribution >= 0.6 is 11.6 Å². The van der Waals surface area contributed by atoms with Crippen LogP contribution in [0.2, 0.25) is 5.02 Å². The van der Waals surface area contributed by atoms with Gasteiger partial charge < -0.3 is 0 Å².